The molecule has 23 heavy (non-hydrogen) atoms. The molecule has 0 heterocycles. The predicted octanol–water partition coefficient (Wildman–Crippen LogP) is 5.35. The maximum absolute atomic E-state index is 11.7. The Morgan fingerprint density at radius 1 is 0.913 bits per heavy atom. The van der Waals surface area contributed by atoms with E-state index in [4.69, 9.17) is 4.74 Å². The lowest BCUT2D eigenvalue weighted by Gasteiger charge is -2.61. The molecule has 0 spiro atoms. The zero-order chi connectivity index (χ0) is 16.2. The van der Waals surface area contributed by atoms with Gasteiger partial charge in [-0.25, -0.2) is 0 Å². The van der Waals surface area contributed by atoms with Gasteiger partial charge in [-0.15, -0.1) is 0 Å². The second-order valence-electron chi connectivity index (χ2n) is 9.63. The van der Waals surface area contributed by atoms with Crippen LogP contribution in [-0.2, 0) is 9.53 Å². The standard InChI is InChI=1S/C21H34O2/c1-14(22)23-19-13-18-16(17-8-6-12-21(17,19)3)10-9-15-7-4-5-11-20(15,18)2/h15-19H,4-13H2,1-3H3/t15-,16-,17+,18-,19-,20+,21-/m1/s1. The number of esters is 1. The monoisotopic (exact) mass is 318 g/mol. The average molecular weight is 319 g/mol. The minimum absolute atomic E-state index is 0.0681. The van der Waals surface area contributed by atoms with Gasteiger partial charge >= 0.3 is 5.97 Å². The fourth-order valence-electron chi connectivity index (χ4n) is 7.61. The van der Waals surface area contributed by atoms with Crippen molar-refractivity contribution in [1.82, 2.24) is 0 Å². The van der Waals surface area contributed by atoms with Crippen molar-refractivity contribution in [2.75, 3.05) is 0 Å². The molecule has 0 radical (unpaired) electrons. The molecule has 0 aromatic rings. The number of hydrogen-bond donors (Lipinski definition) is 0. The molecule has 4 saturated carbocycles. The van der Waals surface area contributed by atoms with Crippen LogP contribution in [0, 0.1) is 34.5 Å². The Morgan fingerprint density at radius 2 is 1.70 bits per heavy atom. The smallest absolute Gasteiger partial charge is 0.302 e. The summed E-state index contributed by atoms with van der Waals surface area (Å²) in [7, 11) is 0. The molecule has 0 saturated heterocycles. The van der Waals surface area contributed by atoms with Crippen molar-refractivity contribution < 1.29 is 9.53 Å². The SMILES string of the molecule is CC(=O)O[C@@H]1C[C@@H]2[C@H](CC[C@H]3CCCC[C@@]32C)[C@@H]2CCC[C@@]12C. The van der Waals surface area contributed by atoms with Gasteiger partial charge in [0.05, 0.1) is 0 Å². The highest BCUT2D eigenvalue weighted by atomic mass is 16.5. The summed E-state index contributed by atoms with van der Waals surface area (Å²) in [6.07, 6.45) is 13.9. The van der Waals surface area contributed by atoms with E-state index < -0.39 is 0 Å². The van der Waals surface area contributed by atoms with Gasteiger partial charge in [-0.3, -0.25) is 4.79 Å². The van der Waals surface area contributed by atoms with Crippen LogP contribution in [0.1, 0.15) is 85.0 Å². The van der Waals surface area contributed by atoms with Gasteiger partial charge in [0.1, 0.15) is 6.10 Å². The van der Waals surface area contributed by atoms with Crippen molar-refractivity contribution in [2.45, 2.75) is 91.1 Å². The number of hydrogen-bond acceptors (Lipinski definition) is 2. The number of carbonyl (C=O) groups is 1. The van der Waals surface area contributed by atoms with Gasteiger partial charge in [0.2, 0.25) is 0 Å². The molecule has 2 nitrogen and oxygen atoms in total. The molecular weight excluding hydrogens is 284 g/mol. The maximum atomic E-state index is 11.7. The second kappa shape index (κ2) is 5.49. The maximum Gasteiger partial charge on any atom is 0.302 e. The minimum atomic E-state index is -0.0681. The molecular formula is C21H34O2. The molecule has 0 aromatic heterocycles. The number of fused-ring (bicyclic) bond motifs is 5. The lowest BCUT2D eigenvalue weighted by Crippen LogP contribution is -2.57. The molecule has 4 aliphatic carbocycles. The lowest BCUT2D eigenvalue weighted by molar-refractivity contribution is -0.183. The van der Waals surface area contributed by atoms with Crippen molar-refractivity contribution in [2.24, 2.45) is 34.5 Å². The van der Waals surface area contributed by atoms with Crippen LogP contribution < -0.4 is 0 Å². The highest BCUT2D eigenvalue weighted by Gasteiger charge is 2.61. The predicted molar refractivity (Wildman–Crippen MR) is 91.9 cm³/mol. The summed E-state index contributed by atoms with van der Waals surface area (Å²) in [5.41, 5.74) is 0.772. The minimum Gasteiger partial charge on any atom is -0.462 e. The number of carbonyl (C=O) groups excluding carboxylic acids is 1. The molecule has 4 fully saturated rings. The van der Waals surface area contributed by atoms with Gasteiger partial charge in [-0.1, -0.05) is 33.1 Å². The molecule has 0 N–H and O–H groups in total. The van der Waals surface area contributed by atoms with E-state index >= 15 is 0 Å². The van der Waals surface area contributed by atoms with Crippen molar-refractivity contribution in [3.05, 3.63) is 0 Å². The molecule has 0 aromatic carbocycles. The van der Waals surface area contributed by atoms with Gasteiger partial charge < -0.3 is 4.74 Å². The fourth-order valence-corrected chi connectivity index (χ4v) is 7.61. The summed E-state index contributed by atoms with van der Waals surface area (Å²) in [5.74, 6) is 3.35. The molecule has 0 unspecified atom stereocenters. The van der Waals surface area contributed by atoms with Crippen LogP contribution in [0.5, 0.6) is 0 Å². The van der Waals surface area contributed by atoms with Gasteiger partial charge in [0.25, 0.3) is 0 Å². The summed E-state index contributed by atoms with van der Waals surface area (Å²) in [6, 6.07) is 0. The summed E-state index contributed by atoms with van der Waals surface area (Å²) in [4.78, 5) is 11.7. The first-order chi connectivity index (χ1) is 10.9. The van der Waals surface area contributed by atoms with E-state index in [1.165, 1.54) is 57.8 Å². The third-order valence-electron chi connectivity index (χ3n) is 8.77. The lowest BCUT2D eigenvalue weighted by atomic mass is 9.45. The van der Waals surface area contributed by atoms with Gasteiger partial charge in [0.15, 0.2) is 0 Å². The van der Waals surface area contributed by atoms with E-state index in [1.54, 1.807) is 6.92 Å². The molecule has 0 bridgehead atoms. The highest BCUT2D eigenvalue weighted by Crippen LogP contribution is 2.66. The Labute approximate surface area is 141 Å². The fraction of sp³-hybridized carbons (Fsp3) is 0.952. The molecule has 2 heteroatoms. The van der Waals surface area contributed by atoms with Crippen LogP contribution in [-0.4, -0.2) is 12.1 Å². The van der Waals surface area contributed by atoms with E-state index in [2.05, 4.69) is 13.8 Å². The van der Waals surface area contributed by atoms with Crippen molar-refractivity contribution in [3.63, 3.8) is 0 Å². The molecule has 7 atom stereocenters. The van der Waals surface area contributed by atoms with Gasteiger partial charge in [0, 0.05) is 12.3 Å². The Morgan fingerprint density at radius 3 is 2.48 bits per heavy atom. The topological polar surface area (TPSA) is 26.3 Å². The molecule has 4 rings (SSSR count). The average Bonchev–Trinajstić information content (AvgIpc) is 2.90. The first kappa shape index (κ1) is 16.0. The summed E-state index contributed by atoms with van der Waals surface area (Å²) in [5, 5.41) is 0. The number of ether oxygens (including phenoxy) is 1. The van der Waals surface area contributed by atoms with Crippen LogP contribution in [0.25, 0.3) is 0 Å². The molecule has 0 amide bonds. The molecule has 130 valence electrons. The van der Waals surface area contributed by atoms with E-state index in [1.807, 2.05) is 0 Å². The van der Waals surface area contributed by atoms with Gasteiger partial charge in [-0.05, 0) is 74.0 Å². The van der Waals surface area contributed by atoms with Crippen LogP contribution in [0.2, 0.25) is 0 Å². The quantitative estimate of drug-likeness (QED) is 0.609. The third kappa shape index (κ3) is 2.30. The Hall–Kier alpha value is -0.530. The largest absolute Gasteiger partial charge is 0.462 e. The normalized spacial score (nSPS) is 52.2. The summed E-state index contributed by atoms with van der Waals surface area (Å²) >= 11 is 0. The Kier molecular flexibility index (Phi) is 3.81. The van der Waals surface area contributed by atoms with E-state index in [-0.39, 0.29) is 17.5 Å². The van der Waals surface area contributed by atoms with Gasteiger partial charge in [-0.2, -0.15) is 0 Å². The van der Waals surface area contributed by atoms with Crippen molar-refractivity contribution in [1.29, 1.82) is 0 Å². The summed E-state index contributed by atoms with van der Waals surface area (Å²) < 4.78 is 5.94. The zero-order valence-corrected chi connectivity index (χ0v) is 15.3. The Balaban J connectivity index is 1.68. The second-order valence-corrected chi connectivity index (χ2v) is 9.63. The molecule has 0 aliphatic heterocycles. The van der Waals surface area contributed by atoms with Crippen LogP contribution in [0.15, 0.2) is 0 Å². The number of rotatable bonds is 1. The highest BCUT2D eigenvalue weighted by molar-refractivity contribution is 5.66. The van der Waals surface area contributed by atoms with E-state index in [0.717, 1.165) is 30.1 Å². The van der Waals surface area contributed by atoms with Crippen LogP contribution >= 0.6 is 0 Å². The van der Waals surface area contributed by atoms with Crippen LogP contribution in [0.3, 0.4) is 0 Å². The molecule has 4 aliphatic rings. The van der Waals surface area contributed by atoms with Crippen molar-refractivity contribution in [3.8, 4) is 0 Å². The summed E-state index contributed by atoms with van der Waals surface area (Å²) in [6.45, 7) is 6.63. The van der Waals surface area contributed by atoms with Crippen molar-refractivity contribution >= 4 is 5.97 Å². The van der Waals surface area contributed by atoms with E-state index in [9.17, 15) is 4.79 Å². The first-order valence-electron chi connectivity index (χ1n) is 10.1. The van der Waals surface area contributed by atoms with Crippen LogP contribution in [0.4, 0.5) is 0 Å². The van der Waals surface area contributed by atoms with E-state index in [0.29, 0.717) is 5.41 Å². The zero-order valence-electron chi connectivity index (χ0n) is 15.3. The Bertz CT molecular complexity index is 486. The first-order valence-corrected chi connectivity index (χ1v) is 10.1. The third-order valence-corrected chi connectivity index (χ3v) is 8.77.